The quantitative estimate of drug-likeness (QED) is 0.525. The normalized spacial score (nSPS) is 12.5. The molecule has 6 heteroatoms. The van der Waals surface area contributed by atoms with Gasteiger partial charge in [0.2, 0.25) is 0 Å². The van der Waals surface area contributed by atoms with E-state index < -0.39 is 0 Å². The molecule has 4 rings (SSSR count). The second kappa shape index (κ2) is 5.09. The lowest BCUT2D eigenvalue weighted by atomic mass is 10.2. The summed E-state index contributed by atoms with van der Waals surface area (Å²) in [7, 11) is 0. The first-order chi connectivity index (χ1) is 10.6. The van der Waals surface area contributed by atoms with Crippen molar-refractivity contribution in [3.8, 4) is 0 Å². The van der Waals surface area contributed by atoms with Crippen molar-refractivity contribution in [1.29, 1.82) is 0 Å². The summed E-state index contributed by atoms with van der Waals surface area (Å²) < 4.78 is 2.21. The van der Waals surface area contributed by atoms with Gasteiger partial charge in [0.1, 0.15) is 0 Å². The van der Waals surface area contributed by atoms with E-state index in [9.17, 15) is 4.79 Å². The zero-order valence-corrected chi connectivity index (χ0v) is 13.4. The van der Waals surface area contributed by atoms with Crippen molar-refractivity contribution in [3.05, 3.63) is 73.0 Å². The Morgan fingerprint density at radius 1 is 1.09 bits per heavy atom. The summed E-state index contributed by atoms with van der Waals surface area (Å²) in [5.74, 6) is 0. The van der Waals surface area contributed by atoms with Crippen LogP contribution in [-0.2, 0) is 0 Å². The van der Waals surface area contributed by atoms with E-state index in [2.05, 4.69) is 4.98 Å². The molecule has 2 heterocycles. The van der Waals surface area contributed by atoms with Crippen molar-refractivity contribution in [1.82, 2.24) is 9.38 Å². The molecule has 0 unspecified atom stereocenters. The van der Waals surface area contributed by atoms with Gasteiger partial charge in [-0.25, -0.2) is 9.38 Å². The molecule has 22 heavy (non-hydrogen) atoms. The number of halogens is 2. The summed E-state index contributed by atoms with van der Waals surface area (Å²) in [5, 5.41) is 0.911. The van der Waals surface area contributed by atoms with Crippen LogP contribution in [0, 0.1) is 0 Å². The molecule has 0 N–H and O–H groups in total. The number of thiazole rings is 1. The van der Waals surface area contributed by atoms with Crippen molar-refractivity contribution in [2.45, 2.75) is 0 Å². The molecule has 0 spiro atoms. The average molecular weight is 347 g/mol. The van der Waals surface area contributed by atoms with E-state index in [4.69, 9.17) is 23.2 Å². The highest BCUT2D eigenvalue weighted by Crippen LogP contribution is 2.26. The maximum atomic E-state index is 12.6. The summed E-state index contributed by atoms with van der Waals surface area (Å²) >= 11 is 13.5. The van der Waals surface area contributed by atoms with Gasteiger partial charge in [-0.2, -0.15) is 0 Å². The van der Waals surface area contributed by atoms with Crippen LogP contribution in [0.4, 0.5) is 0 Å². The summed E-state index contributed by atoms with van der Waals surface area (Å²) in [6.07, 6.45) is 1.75. The standard InChI is InChI=1S/C16H8Cl2N2OS/c17-10-5-3-4-9(14(10)18)8-13-15(21)20-12-7-2-1-6-11(12)19-16(20)22-13/h1-8H/b13-8+. The van der Waals surface area contributed by atoms with Gasteiger partial charge in [0.25, 0.3) is 5.56 Å². The first-order valence-corrected chi connectivity index (χ1v) is 8.08. The first kappa shape index (κ1) is 13.8. The van der Waals surface area contributed by atoms with Crippen LogP contribution in [0.5, 0.6) is 0 Å². The fraction of sp³-hybridized carbons (Fsp3) is 0. The van der Waals surface area contributed by atoms with Gasteiger partial charge in [0, 0.05) is 0 Å². The average Bonchev–Trinajstić information content (AvgIpc) is 3.01. The van der Waals surface area contributed by atoms with Crippen LogP contribution in [0.2, 0.25) is 10.0 Å². The molecule has 0 aliphatic heterocycles. The minimum Gasteiger partial charge on any atom is -0.267 e. The monoisotopic (exact) mass is 346 g/mol. The number of benzene rings is 2. The van der Waals surface area contributed by atoms with E-state index in [1.54, 1.807) is 22.6 Å². The summed E-state index contributed by atoms with van der Waals surface area (Å²) in [5.41, 5.74) is 2.26. The molecule has 0 saturated heterocycles. The predicted octanol–water partition coefficient (Wildman–Crippen LogP) is 3.76. The van der Waals surface area contributed by atoms with Crippen molar-refractivity contribution >= 4 is 56.6 Å². The van der Waals surface area contributed by atoms with E-state index in [0.29, 0.717) is 19.5 Å². The number of hydrogen-bond donors (Lipinski definition) is 0. The Hall–Kier alpha value is -1.88. The van der Waals surface area contributed by atoms with E-state index >= 15 is 0 Å². The Bertz CT molecular complexity index is 1130. The third kappa shape index (κ3) is 2.03. The lowest BCUT2D eigenvalue weighted by Crippen LogP contribution is -2.22. The largest absolute Gasteiger partial charge is 0.274 e. The smallest absolute Gasteiger partial charge is 0.267 e. The molecule has 2 aromatic heterocycles. The van der Waals surface area contributed by atoms with E-state index in [-0.39, 0.29) is 5.56 Å². The first-order valence-electron chi connectivity index (χ1n) is 6.51. The number of rotatable bonds is 1. The highest BCUT2D eigenvalue weighted by Gasteiger charge is 2.11. The van der Waals surface area contributed by atoms with Crippen molar-refractivity contribution in [3.63, 3.8) is 0 Å². The third-order valence-electron chi connectivity index (χ3n) is 3.41. The summed E-state index contributed by atoms with van der Waals surface area (Å²) in [4.78, 5) is 17.8. The molecule has 0 atom stereocenters. The molecule has 2 aromatic carbocycles. The molecule has 0 saturated carbocycles. The van der Waals surface area contributed by atoms with Crippen LogP contribution in [0.25, 0.3) is 22.1 Å². The van der Waals surface area contributed by atoms with Gasteiger partial charge in [-0.05, 0) is 29.8 Å². The van der Waals surface area contributed by atoms with E-state index in [1.807, 2.05) is 30.3 Å². The van der Waals surface area contributed by atoms with Crippen molar-refractivity contribution < 1.29 is 0 Å². The molecule has 0 bridgehead atoms. The van der Waals surface area contributed by atoms with Crippen LogP contribution in [0.15, 0.2) is 47.3 Å². The fourth-order valence-corrected chi connectivity index (χ4v) is 3.73. The second-order valence-electron chi connectivity index (χ2n) is 4.78. The molecular weight excluding hydrogens is 339 g/mol. The maximum Gasteiger partial charge on any atom is 0.274 e. The fourth-order valence-electron chi connectivity index (χ4n) is 2.39. The molecule has 0 amide bonds. The van der Waals surface area contributed by atoms with Crippen LogP contribution in [-0.4, -0.2) is 9.38 Å². The van der Waals surface area contributed by atoms with Crippen LogP contribution in [0.3, 0.4) is 0 Å². The molecular formula is C16H8Cl2N2OS. The predicted molar refractivity (Wildman–Crippen MR) is 92.1 cm³/mol. The lowest BCUT2D eigenvalue weighted by molar-refractivity contribution is 1.19. The van der Waals surface area contributed by atoms with Gasteiger partial charge in [-0.1, -0.05) is 58.8 Å². The number of hydrogen-bond acceptors (Lipinski definition) is 3. The van der Waals surface area contributed by atoms with Gasteiger partial charge in [0.15, 0.2) is 4.96 Å². The molecule has 0 aliphatic rings. The highest BCUT2D eigenvalue weighted by atomic mass is 35.5. The second-order valence-corrected chi connectivity index (χ2v) is 6.57. The number of aromatic nitrogens is 2. The zero-order valence-electron chi connectivity index (χ0n) is 11.1. The molecule has 0 radical (unpaired) electrons. The molecule has 3 nitrogen and oxygen atoms in total. The van der Waals surface area contributed by atoms with Crippen LogP contribution < -0.4 is 10.1 Å². The minimum atomic E-state index is -0.0928. The Labute approximate surface area is 139 Å². The minimum absolute atomic E-state index is 0.0928. The highest BCUT2D eigenvalue weighted by molar-refractivity contribution is 7.15. The Morgan fingerprint density at radius 2 is 1.91 bits per heavy atom. The number of nitrogens with zero attached hydrogens (tertiary/aromatic N) is 2. The Kier molecular flexibility index (Phi) is 3.18. The molecule has 0 fully saturated rings. The van der Waals surface area contributed by atoms with E-state index in [1.165, 1.54) is 11.3 Å². The number of fused-ring (bicyclic) bond motifs is 3. The van der Waals surface area contributed by atoms with Gasteiger partial charge in [0.05, 0.1) is 25.6 Å². The summed E-state index contributed by atoms with van der Waals surface area (Å²) in [6.45, 7) is 0. The maximum absolute atomic E-state index is 12.6. The van der Waals surface area contributed by atoms with Gasteiger partial charge >= 0.3 is 0 Å². The molecule has 4 aromatic rings. The zero-order chi connectivity index (χ0) is 15.3. The van der Waals surface area contributed by atoms with Crippen LogP contribution in [0.1, 0.15) is 5.56 Å². The van der Waals surface area contributed by atoms with Crippen molar-refractivity contribution in [2.24, 2.45) is 0 Å². The van der Waals surface area contributed by atoms with Crippen molar-refractivity contribution in [2.75, 3.05) is 0 Å². The van der Waals surface area contributed by atoms with Gasteiger partial charge in [-0.15, -0.1) is 0 Å². The molecule has 108 valence electrons. The Balaban J connectivity index is 2.04. The summed E-state index contributed by atoms with van der Waals surface area (Å²) in [6, 6.07) is 12.9. The lowest BCUT2D eigenvalue weighted by Gasteiger charge is -1.98. The van der Waals surface area contributed by atoms with Crippen LogP contribution >= 0.6 is 34.5 Å². The van der Waals surface area contributed by atoms with Gasteiger partial charge in [-0.3, -0.25) is 4.79 Å². The topological polar surface area (TPSA) is 34.4 Å². The number of imidazole rings is 1. The Morgan fingerprint density at radius 3 is 2.77 bits per heavy atom. The molecule has 0 aliphatic carbocycles. The number of para-hydroxylation sites is 2. The third-order valence-corrected chi connectivity index (χ3v) is 5.22. The van der Waals surface area contributed by atoms with Gasteiger partial charge < -0.3 is 0 Å². The SMILES string of the molecule is O=c1/c(=C\c2cccc(Cl)c2Cl)sc2nc3ccccc3n12. The van der Waals surface area contributed by atoms with E-state index in [0.717, 1.165) is 16.6 Å².